The first-order chi connectivity index (χ1) is 13.6. The highest BCUT2D eigenvalue weighted by Crippen LogP contribution is 2.09. The van der Waals surface area contributed by atoms with E-state index >= 15 is 0 Å². The molecule has 0 heterocycles. The highest BCUT2D eigenvalue weighted by molar-refractivity contribution is 5.82. The Morgan fingerprint density at radius 3 is 1.93 bits per heavy atom. The van der Waals surface area contributed by atoms with E-state index in [9.17, 15) is 24.3 Å². The number of nitrogens with one attached hydrogen (secondary N) is 2. The summed E-state index contributed by atoms with van der Waals surface area (Å²) < 4.78 is 10.2. The number of aliphatic carboxylic acids is 1. The number of rotatable bonds is 10. The Kier molecular flexibility index (Phi) is 11.2. The van der Waals surface area contributed by atoms with Crippen molar-refractivity contribution >= 4 is 24.1 Å². The summed E-state index contributed by atoms with van der Waals surface area (Å²) in [5.41, 5.74) is -1.38. The number of hydrogen-bond donors (Lipinski definition) is 3. The summed E-state index contributed by atoms with van der Waals surface area (Å²) in [7, 11) is 0. The lowest BCUT2D eigenvalue weighted by molar-refractivity contribution is -0.140. The number of ether oxygens (including phenoxy) is 2. The number of hydrogen-bond acceptors (Lipinski definition) is 6. The maximum atomic E-state index is 12.5. The van der Waals surface area contributed by atoms with Crippen LogP contribution in [0.3, 0.4) is 0 Å². The highest BCUT2D eigenvalue weighted by atomic mass is 16.6. The van der Waals surface area contributed by atoms with Gasteiger partial charge in [0, 0.05) is 26.1 Å². The summed E-state index contributed by atoms with van der Waals surface area (Å²) >= 11 is 0. The maximum Gasteiger partial charge on any atom is 0.408 e. The molecule has 0 fully saturated rings. The monoisotopic (exact) mass is 431 g/mol. The van der Waals surface area contributed by atoms with Crippen LogP contribution in [0.2, 0.25) is 0 Å². The molecule has 174 valence electrons. The van der Waals surface area contributed by atoms with E-state index in [0.29, 0.717) is 13.0 Å². The number of nitrogens with zero attached hydrogens (tertiary/aromatic N) is 1. The molecule has 0 spiro atoms. The molecule has 0 aliphatic rings. The fourth-order valence-corrected chi connectivity index (χ4v) is 2.37. The molecule has 1 atom stereocenters. The SMILES string of the molecule is CCCN(CCNC(=O)OC(C)(C)C)C(=O)CC[C@H](NC(=O)OC(C)(C)C)C(=O)O. The minimum atomic E-state index is -1.25. The van der Waals surface area contributed by atoms with Gasteiger partial charge in [0.05, 0.1) is 0 Å². The predicted octanol–water partition coefficient (Wildman–Crippen LogP) is 2.51. The van der Waals surface area contributed by atoms with Crippen molar-refractivity contribution in [1.29, 1.82) is 0 Å². The van der Waals surface area contributed by atoms with Crippen LogP contribution in [0.1, 0.15) is 67.7 Å². The van der Waals surface area contributed by atoms with Gasteiger partial charge in [-0.1, -0.05) is 6.92 Å². The van der Waals surface area contributed by atoms with Crippen molar-refractivity contribution < 1.29 is 33.8 Å². The fourth-order valence-electron chi connectivity index (χ4n) is 2.37. The summed E-state index contributed by atoms with van der Waals surface area (Å²) in [5.74, 6) is -1.51. The summed E-state index contributed by atoms with van der Waals surface area (Å²) in [6, 6.07) is -1.24. The number of carboxylic acids is 1. The summed E-state index contributed by atoms with van der Waals surface area (Å²) in [5, 5.41) is 14.2. The van der Waals surface area contributed by atoms with Gasteiger partial charge in [-0.05, 0) is 54.4 Å². The third-order valence-corrected chi connectivity index (χ3v) is 3.53. The van der Waals surface area contributed by atoms with Crippen LogP contribution in [0.5, 0.6) is 0 Å². The zero-order valence-corrected chi connectivity index (χ0v) is 19.2. The zero-order valence-electron chi connectivity index (χ0n) is 19.2. The second kappa shape index (κ2) is 12.2. The Labute approximate surface area is 178 Å². The molecule has 0 saturated carbocycles. The van der Waals surface area contributed by atoms with E-state index in [2.05, 4.69) is 10.6 Å². The van der Waals surface area contributed by atoms with Crippen LogP contribution >= 0.6 is 0 Å². The molecule has 0 saturated heterocycles. The quantitative estimate of drug-likeness (QED) is 0.484. The molecule has 10 heteroatoms. The van der Waals surface area contributed by atoms with E-state index < -0.39 is 35.4 Å². The molecule has 0 aromatic carbocycles. The van der Waals surface area contributed by atoms with Crippen LogP contribution in [-0.4, -0.2) is 70.9 Å². The third-order valence-electron chi connectivity index (χ3n) is 3.53. The van der Waals surface area contributed by atoms with Gasteiger partial charge in [0.1, 0.15) is 17.2 Å². The van der Waals surface area contributed by atoms with Crippen LogP contribution in [0.15, 0.2) is 0 Å². The van der Waals surface area contributed by atoms with Crippen LogP contribution in [0.4, 0.5) is 9.59 Å². The normalized spacial score (nSPS) is 12.5. The van der Waals surface area contributed by atoms with E-state index in [0.717, 1.165) is 0 Å². The number of alkyl carbamates (subject to hydrolysis) is 2. The smallest absolute Gasteiger partial charge is 0.408 e. The second-order valence-corrected chi connectivity index (χ2v) is 8.89. The van der Waals surface area contributed by atoms with Crippen molar-refractivity contribution in [3.8, 4) is 0 Å². The van der Waals surface area contributed by atoms with Gasteiger partial charge in [-0.2, -0.15) is 0 Å². The van der Waals surface area contributed by atoms with Crippen molar-refractivity contribution in [3.63, 3.8) is 0 Å². The van der Waals surface area contributed by atoms with Gasteiger partial charge in [0.15, 0.2) is 0 Å². The first-order valence-corrected chi connectivity index (χ1v) is 10.1. The molecular weight excluding hydrogens is 394 g/mol. The molecule has 3 N–H and O–H groups in total. The van der Waals surface area contributed by atoms with E-state index in [-0.39, 0.29) is 31.8 Å². The van der Waals surface area contributed by atoms with Crippen LogP contribution in [-0.2, 0) is 19.1 Å². The van der Waals surface area contributed by atoms with E-state index in [1.165, 1.54) is 0 Å². The largest absolute Gasteiger partial charge is 0.480 e. The highest BCUT2D eigenvalue weighted by Gasteiger charge is 2.25. The number of carboxylic acid groups (broad SMARTS) is 1. The first kappa shape index (κ1) is 27.5. The van der Waals surface area contributed by atoms with Gasteiger partial charge >= 0.3 is 18.2 Å². The van der Waals surface area contributed by atoms with Crippen molar-refractivity contribution in [2.45, 2.75) is 85.0 Å². The Balaban J connectivity index is 4.67. The van der Waals surface area contributed by atoms with Gasteiger partial charge in [-0.3, -0.25) is 4.79 Å². The molecular formula is C20H37N3O7. The van der Waals surface area contributed by atoms with Gasteiger partial charge < -0.3 is 30.1 Å². The third kappa shape index (κ3) is 13.6. The second-order valence-electron chi connectivity index (χ2n) is 8.89. The van der Waals surface area contributed by atoms with Crippen LogP contribution in [0, 0.1) is 0 Å². The summed E-state index contributed by atoms with van der Waals surface area (Å²) in [6.07, 6.45) is -0.864. The molecule has 0 rings (SSSR count). The number of amides is 3. The molecule has 3 amide bonds. The molecule has 0 bridgehead atoms. The standard InChI is InChI=1S/C20H37N3O7/c1-8-12-23(13-11-21-17(27)29-19(2,3)4)15(24)10-9-14(16(25)26)22-18(28)30-20(5,6)7/h14H,8-13H2,1-7H3,(H,21,27)(H,22,28)(H,25,26)/t14-/m0/s1. The Hall–Kier alpha value is -2.52. The van der Waals surface area contributed by atoms with E-state index in [1.807, 2.05) is 6.92 Å². The maximum absolute atomic E-state index is 12.5. The lowest BCUT2D eigenvalue weighted by Gasteiger charge is -2.25. The molecule has 0 aromatic rings. The molecule has 10 nitrogen and oxygen atoms in total. The average Bonchev–Trinajstić information content (AvgIpc) is 2.53. The fraction of sp³-hybridized carbons (Fsp3) is 0.800. The van der Waals surface area contributed by atoms with Crippen molar-refractivity contribution in [2.24, 2.45) is 0 Å². The molecule has 0 aliphatic heterocycles. The number of carbonyl (C=O) groups excluding carboxylic acids is 3. The predicted molar refractivity (Wildman–Crippen MR) is 111 cm³/mol. The van der Waals surface area contributed by atoms with Crippen LogP contribution < -0.4 is 10.6 Å². The minimum absolute atomic E-state index is 0.0702. The lowest BCUT2D eigenvalue weighted by Crippen LogP contribution is -2.45. The van der Waals surface area contributed by atoms with Gasteiger partial charge in [-0.15, -0.1) is 0 Å². The Bertz CT molecular complexity index is 594. The van der Waals surface area contributed by atoms with E-state index in [1.54, 1.807) is 46.4 Å². The van der Waals surface area contributed by atoms with Gasteiger partial charge in [0.25, 0.3) is 0 Å². The Morgan fingerprint density at radius 1 is 0.933 bits per heavy atom. The average molecular weight is 432 g/mol. The molecule has 0 radical (unpaired) electrons. The zero-order chi connectivity index (χ0) is 23.5. The van der Waals surface area contributed by atoms with Crippen molar-refractivity contribution in [1.82, 2.24) is 15.5 Å². The van der Waals surface area contributed by atoms with Gasteiger partial charge in [-0.25, -0.2) is 14.4 Å². The number of carbonyl (C=O) groups is 4. The Morgan fingerprint density at radius 2 is 1.47 bits per heavy atom. The lowest BCUT2D eigenvalue weighted by atomic mass is 10.1. The summed E-state index contributed by atoms with van der Waals surface area (Å²) in [6.45, 7) is 13.1. The van der Waals surface area contributed by atoms with Crippen molar-refractivity contribution in [2.75, 3.05) is 19.6 Å². The minimum Gasteiger partial charge on any atom is -0.480 e. The summed E-state index contributed by atoms with van der Waals surface area (Å²) in [4.78, 5) is 49.0. The van der Waals surface area contributed by atoms with E-state index in [4.69, 9.17) is 9.47 Å². The molecule has 30 heavy (non-hydrogen) atoms. The van der Waals surface area contributed by atoms with Gasteiger partial charge in [0.2, 0.25) is 5.91 Å². The van der Waals surface area contributed by atoms with Crippen LogP contribution in [0.25, 0.3) is 0 Å². The molecule has 0 unspecified atom stereocenters. The first-order valence-electron chi connectivity index (χ1n) is 10.1. The topological polar surface area (TPSA) is 134 Å². The molecule has 0 aliphatic carbocycles. The molecule has 0 aromatic heterocycles. The van der Waals surface area contributed by atoms with Crippen molar-refractivity contribution in [3.05, 3.63) is 0 Å².